The van der Waals surface area contributed by atoms with Crippen molar-refractivity contribution in [2.45, 2.75) is 32.0 Å². The van der Waals surface area contributed by atoms with Crippen LogP contribution in [0.5, 0.6) is 0 Å². The number of carbonyl (C=O) groups is 2. The van der Waals surface area contributed by atoms with Gasteiger partial charge in [-0.3, -0.25) is 9.48 Å². The summed E-state index contributed by atoms with van der Waals surface area (Å²) in [7, 11) is 0. The molecule has 1 aromatic heterocycles. The third-order valence-electron chi connectivity index (χ3n) is 3.62. The van der Waals surface area contributed by atoms with E-state index in [1.54, 1.807) is 6.92 Å². The number of alkyl halides is 3. The molecule has 1 N–H and O–H groups in total. The molecule has 1 aromatic rings. The molecule has 0 bridgehead atoms. The number of carboxylic acids is 1. The molecule has 1 aliphatic rings. The first-order chi connectivity index (χ1) is 9.71. The maximum Gasteiger partial charge on any atom is 0.471 e. The van der Waals surface area contributed by atoms with E-state index < -0.39 is 18.1 Å². The number of amides is 1. The van der Waals surface area contributed by atoms with Gasteiger partial charge >= 0.3 is 18.1 Å². The SMILES string of the molecule is Cc1c(C(=O)O)cnn1C1CCN(C(=O)C(F)(F)F)CC1. The lowest BCUT2D eigenvalue weighted by atomic mass is 10.0. The predicted molar refractivity (Wildman–Crippen MR) is 64.8 cm³/mol. The molecule has 6 nitrogen and oxygen atoms in total. The van der Waals surface area contributed by atoms with E-state index in [1.807, 2.05) is 0 Å². The molecule has 116 valence electrons. The van der Waals surface area contributed by atoms with E-state index in [0.717, 1.165) is 4.90 Å². The minimum atomic E-state index is -4.86. The average molecular weight is 305 g/mol. The summed E-state index contributed by atoms with van der Waals surface area (Å²) in [5, 5.41) is 12.9. The van der Waals surface area contributed by atoms with Gasteiger partial charge in [0.1, 0.15) is 5.56 Å². The lowest BCUT2D eigenvalue weighted by Crippen LogP contribution is -2.45. The summed E-state index contributed by atoms with van der Waals surface area (Å²) >= 11 is 0. The molecule has 2 rings (SSSR count). The topological polar surface area (TPSA) is 75.4 Å². The van der Waals surface area contributed by atoms with Gasteiger partial charge in [-0.25, -0.2) is 4.79 Å². The number of halogens is 3. The van der Waals surface area contributed by atoms with Crippen molar-refractivity contribution in [1.82, 2.24) is 14.7 Å². The fourth-order valence-electron chi connectivity index (χ4n) is 2.49. The van der Waals surface area contributed by atoms with Crippen LogP contribution in [0.1, 0.15) is 34.9 Å². The maximum atomic E-state index is 12.3. The van der Waals surface area contributed by atoms with Crippen molar-refractivity contribution in [2.75, 3.05) is 13.1 Å². The third-order valence-corrected chi connectivity index (χ3v) is 3.62. The van der Waals surface area contributed by atoms with Gasteiger partial charge in [0.15, 0.2) is 0 Å². The molecule has 0 atom stereocenters. The standard InChI is InChI=1S/C12H14F3N3O3/c1-7-9(10(19)20)6-16-18(7)8-2-4-17(5-3-8)11(21)12(13,14)15/h6,8H,2-5H2,1H3,(H,19,20). The summed E-state index contributed by atoms with van der Waals surface area (Å²) in [6.07, 6.45) is -3.01. The van der Waals surface area contributed by atoms with Crippen LogP contribution in [0, 0.1) is 6.92 Å². The molecule has 2 heterocycles. The van der Waals surface area contributed by atoms with Gasteiger partial charge in [-0.15, -0.1) is 0 Å². The quantitative estimate of drug-likeness (QED) is 0.901. The molecule has 1 saturated heterocycles. The fourth-order valence-corrected chi connectivity index (χ4v) is 2.49. The molecular weight excluding hydrogens is 291 g/mol. The van der Waals surface area contributed by atoms with Crippen LogP contribution in [-0.2, 0) is 4.79 Å². The smallest absolute Gasteiger partial charge is 0.471 e. The van der Waals surface area contributed by atoms with Gasteiger partial charge in [0.05, 0.1) is 17.9 Å². The van der Waals surface area contributed by atoms with Crippen molar-refractivity contribution in [3.8, 4) is 0 Å². The van der Waals surface area contributed by atoms with Crippen molar-refractivity contribution in [3.63, 3.8) is 0 Å². The van der Waals surface area contributed by atoms with Gasteiger partial charge in [0, 0.05) is 13.1 Å². The Labute approximate surface area is 118 Å². The number of hydrogen-bond donors (Lipinski definition) is 1. The number of carboxylic acid groups (broad SMARTS) is 1. The second kappa shape index (κ2) is 5.38. The molecule has 0 aromatic carbocycles. The second-order valence-corrected chi connectivity index (χ2v) is 4.91. The van der Waals surface area contributed by atoms with E-state index in [0.29, 0.717) is 18.5 Å². The van der Waals surface area contributed by atoms with Crippen LogP contribution in [0.3, 0.4) is 0 Å². The van der Waals surface area contributed by atoms with E-state index in [1.165, 1.54) is 10.9 Å². The summed E-state index contributed by atoms with van der Waals surface area (Å²) in [4.78, 5) is 22.8. The van der Waals surface area contributed by atoms with Crippen molar-refractivity contribution < 1.29 is 27.9 Å². The van der Waals surface area contributed by atoms with Gasteiger partial charge in [-0.1, -0.05) is 0 Å². The molecule has 0 radical (unpaired) electrons. The number of carbonyl (C=O) groups excluding carboxylic acids is 1. The molecule has 9 heteroatoms. The van der Waals surface area contributed by atoms with E-state index in [4.69, 9.17) is 5.11 Å². The lowest BCUT2D eigenvalue weighted by Gasteiger charge is -2.32. The first kappa shape index (κ1) is 15.3. The zero-order valence-electron chi connectivity index (χ0n) is 11.2. The maximum absolute atomic E-state index is 12.3. The zero-order valence-corrected chi connectivity index (χ0v) is 11.2. The second-order valence-electron chi connectivity index (χ2n) is 4.91. The first-order valence-corrected chi connectivity index (χ1v) is 6.35. The van der Waals surface area contributed by atoms with Crippen molar-refractivity contribution in [3.05, 3.63) is 17.5 Å². The highest BCUT2D eigenvalue weighted by molar-refractivity contribution is 5.88. The monoisotopic (exact) mass is 305 g/mol. The van der Waals surface area contributed by atoms with Crippen molar-refractivity contribution >= 4 is 11.9 Å². The van der Waals surface area contributed by atoms with Crippen LogP contribution in [0.15, 0.2) is 6.20 Å². The van der Waals surface area contributed by atoms with Crippen molar-refractivity contribution in [2.24, 2.45) is 0 Å². The minimum Gasteiger partial charge on any atom is -0.478 e. The summed E-state index contributed by atoms with van der Waals surface area (Å²) < 4.78 is 38.5. The number of hydrogen-bond acceptors (Lipinski definition) is 3. The fraction of sp³-hybridized carbons (Fsp3) is 0.583. The Kier molecular flexibility index (Phi) is 3.93. The average Bonchev–Trinajstić information content (AvgIpc) is 2.79. The molecule has 0 aliphatic carbocycles. The number of aromatic nitrogens is 2. The van der Waals surface area contributed by atoms with Crippen LogP contribution >= 0.6 is 0 Å². The van der Waals surface area contributed by atoms with Crippen LogP contribution < -0.4 is 0 Å². The number of rotatable bonds is 2. The van der Waals surface area contributed by atoms with Gasteiger partial charge < -0.3 is 10.0 Å². The Morgan fingerprint density at radius 1 is 1.33 bits per heavy atom. The van der Waals surface area contributed by atoms with E-state index in [-0.39, 0.29) is 24.7 Å². The van der Waals surface area contributed by atoms with Crippen molar-refractivity contribution in [1.29, 1.82) is 0 Å². The Hall–Kier alpha value is -2.06. The van der Waals surface area contributed by atoms with Crippen LogP contribution in [0.25, 0.3) is 0 Å². The number of aromatic carboxylic acids is 1. The summed E-state index contributed by atoms with van der Waals surface area (Å²) in [5.74, 6) is -2.92. The van der Waals surface area contributed by atoms with Gasteiger partial charge in [0.25, 0.3) is 0 Å². The molecule has 1 amide bonds. The molecular formula is C12H14F3N3O3. The van der Waals surface area contributed by atoms with Gasteiger partial charge in [-0.05, 0) is 19.8 Å². The Bertz CT molecular complexity index is 560. The molecule has 1 fully saturated rings. The highest BCUT2D eigenvalue weighted by atomic mass is 19.4. The van der Waals surface area contributed by atoms with Gasteiger partial charge in [-0.2, -0.15) is 18.3 Å². The Morgan fingerprint density at radius 2 is 1.90 bits per heavy atom. The largest absolute Gasteiger partial charge is 0.478 e. The van der Waals surface area contributed by atoms with E-state index >= 15 is 0 Å². The van der Waals surface area contributed by atoms with E-state index in [2.05, 4.69) is 5.10 Å². The number of likely N-dealkylation sites (tertiary alicyclic amines) is 1. The van der Waals surface area contributed by atoms with E-state index in [9.17, 15) is 22.8 Å². The van der Waals surface area contributed by atoms with Crippen LogP contribution in [0.2, 0.25) is 0 Å². The summed E-state index contributed by atoms with van der Waals surface area (Å²) in [5.41, 5.74) is 0.534. The normalized spacial score (nSPS) is 17.0. The predicted octanol–water partition coefficient (Wildman–Crippen LogP) is 1.62. The zero-order chi connectivity index (χ0) is 15.8. The summed E-state index contributed by atoms with van der Waals surface area (Å²) in [6, 6.07) is -0.199. The summed E-state index contributed by atoms with van der Waals surface area (Å²) in [6.45, 7) is 1.55. The number of nitrogens with zero attached hydrogens (tertiary/aromatic N) is 3. The highest BCUT2D eigenvalue weighted by Crippen LogP contribution is 2.27. The molecule has 21 heavy (non-hydrogen) atoms. The minimum absolute atomic E-state index is 0.0231. The lowest BCUT2D eigenvalue weighted by molar-refractivity contribution is -0.186. The van der Waals surface area contributed by atoms with Crippen LogP contribution in [-0.4, -0.2) is 50.9 Å². The van der Waals surface area contributed by atoms with Crippen LogP contribution in [0.4, 0.5) is 13.2 Å². The Morgan fingerprint density at radius 3 is 2.33 bits per heavy atom. The van der Waals surface area contributed by atoms with Gasteiger partial charge in [0.2, 0.25) is 0 Å². The third kappa shape index (κ3) is 3.01. The number of piperidine rings is 1. The molecule has 0 saturated carbocycles. The first-order valence-electron chi connectivity index (χ1n) is 6.35. The molecule has 1 aliphatic heterocycles. The molecule has 0 spiro atoms. The highest BCUT2D eigenvalue weighted by Gasteiger charge is 2.43. The molecule has 0 unspecified atom stereocenters. The Balaban J connectivity index is 2.05.